The van der Waals surface area contributed by atoms with Crippen LogP contribution in [0.2, 0.25) is 0 Å². The third kappa shape index (κ3) is 2.29. The van der Waals surface area contributed by atoms with Crippen molar-refractivity contribution in [3.63, 3.8) is 0 Å². The summed E-state index contributed by atoms with van der Waals surface area (Å²) in [5.74, 6) is 1.79. The normalized spacial score (nSPS) is 11.1. The minimum atomic E-state index is 0.590. The molecule has 0 unspecified atom stereocenters. The standard InChI is InChI=1S/C11H16N4S/c1-16-7-3-2-6-15-10-4-5-13-8-9(10)14-11(15)12/h4-5,8H,2-3,6-7H2,1H3,(H2,12,14). The van der Waals surface area contributed by atoms with E-state index in [-0.39, 0.29) is 0 Å². The SMILES string of the molecule is CSCCCCn1c(N)nc2cnccc21. The van der Waals surface area contributed by atoms with Gasteiger partial charge >= 0.3 is 0 Å². The molecule has 0 atom stereocenters. The number of rotatable bonds is 5. The van der Waals surface area contributed by atoms with E-state index < -0.39 is 0 Å². The van der Waals surface area contributed by atoms with Gasteiger partial charge in [0.1, 0.15) is 5.52 Å². The second kappa shape index (κ2) is 5.21. The number of aryl methyl sites for hydroxylation is 1. The number of nitrogen functional groups attached to an aromatic ring is 1. The molecule has 5 heteroatoms. The number of fused-ring (bicyclic) bond motifs is 1. The van der Waals surface area contributed by atoms with Crippen molar-refractivity contribution >= 4 is 28.7 Å². The zero-order valence-corrected chi connectivity index (χ0v) is 10.2. The van der Waals surface area contributed by atoms with Crippen LogP contribution in [0.5, 0.6) is 0 Å². The van der Waals surface area contributed by atoms with E-state index in [9.17, 15) is 0 Å². The van der Waals surface area contributed by atoms with Crippen LogP contribution in [0.1, 0.15) is 12.8 Å². The maximum atomic E-state index is 5.89. The Morgan fingerprint density at radius 1 is 1.44 bits per heavy atom. The van der Waals surface area contributed by atoms with Crippen molar-refractivity contribution in [2.24, 2.45) is 0 Å². The van der Waals surface area contributed by atoms with Gasteiger partial charge in [-0.15, -0.1) is 0 Å². The Hall–Kier alpha value is -1.23. The Kier molecular flexibility index (Phi) is 3.66. The molecule has 86 valence electrons. The molecule has 0 amide bonds. The Labute approximate surface area is 99.3 Å². The topological polar surface area (TPSA) is 56.7 Å². The largest absolute Gasteiger partial charge is 0.369 e. The van der Waals surface area contributed by atoms with Gasteiger partial charge in [0.2, 0.25) is 5.95 Å². The second-order valence-electron chi connectivity index (χ2n) is 3.69. The highest BCUT2D eigenvalue weighted by Crippen LogP contribution is 2.17. The fourth-order valence-corrected chi connectivity index (χ4v) is 2.24. The summed E-state index contributed by atoms with van der Waals surface area (Å²) in [4.78, 5) is 8.33. The van der Waals surface area contributed by atoms with Crippen LogP contribution in [0.4, 0.5) is 5.95 Å². The molecule has 0 bridgehead atoms. The van der Waals surface area contributed by atoms with Gasteiger partial charge in [0.15, 0.2) is 0 Å². The Morgan fingerprint density at radius 2 is 2.31 bits per heavy atom. The maximum absolute atomic E-state index is 5.89. The highest BCUT2D eigenvalue weighted by atomic mass is 32.2. The Balaban J connectivity index is 2.13. The maximum Gasteiger partial charge on any atom is 0.201 e. The predicted octanol–water partition coefficient (Wildman–Crippen LogP) is 2.16. The summed E-state index contributed by atoms with van der Waals surface area (Å²) >= 11 is 1.88. The fourth-order valence-electron chi connectivity index (χ4n) is 1.75. The highest BCUT2D eigenvalue weighted by Gasteiger charge is 2.06. The number of pyridine rings is 1. The van der Waals surface area contributed by atoms with Crippen LogP contribution in [-0.2, 0) is 6.54 Å². The smallest absolute Gasteiger partial charge is 0.201 e. The van der Waals surface area contributed by atoms with Crippen LogP contribution in [-0.4, -0.2) is 26.5 Å². The van der Waals surface area contributed by atoms with Gasteiger partial charge in [-0.25, -0.2) is 4.98 Å². The number of nitrogens with zero attached hydrogens (tertiary/aromatic N) is 3. The molecule has 2 rings (SSSR count). The monoisotopic (exact) mass is 236 g/mol. The average molecular weight is 236 g/mol. The molecule has 0 aromatic carbocycles. The molecule has 0 spiro atoms. The quantitative estimate of drug-likeness (QED) is 0.808. The molecule has 0 aliphatic rings. The third-order valence-corrected chi connectivity index (χ3v) is 3.26. The lowest BCUT2D eigenvalue weighted by atomic mass is 10.3. The lowest BCUT2D eigenvalue weighted by Gasteiger charge is -2.05. The van der Waals surface area contributed by atoms with Crippen molar-refractivity contribution in [2.75, 3.05) is 17.7 Å². The first-order valence-corrected chi connectivity index (χ1v) is 6.77. The van der Waals surface area contributed by atoms with Gasteiger partial charge in [0.05, 0.1) is 11.7 Å². The van der Waals surface area contributed by atoms with E-state index in [1.54, 1.807) is 12.4 Å². The van der Waals surface area contributed by atoms with Crippen molar-refractivity contribution in [2.45, 2.75) is 19.4 Å². The van der Waals surface area contributed by atoms with Crippen molar-refractivity contribution in [3.05, 3.63) is 18.5 Å². The average Bonchev–Trinajstić information content (AvgIpc) is 2.61. The van der Waals surface area contributed by atoms with Gasteiger partial charge in [0.25, 0.3) is 0 Å². The zero-order valence-electron chi connectivity index (χ0n) is 9.39. The Morgan fingerprint density at radius 3 is 3.12 bits per heavy atom. The highest BCUT2D eigenvalue weighted by molar-refractivity contribution is 7.98. The summed E-state index contributed by atoms with van der Waals surface area (Å²) in [6.07, 6.45) is 8.02. The van der Waals surface area contributed by atoms with Crippen LogP contribution >= 0.6 is 11.8 Å². The molecule has 0 saturated heterocycles. The van der Waals surface area contributed by atoms with Crippen molar-refractivity contribution < 1.29 is 0 Å². The molecule has 2 heterocycles. The minimum Gasteiger partial charge on any atom is -0.369 e. The molecular weight excluding hydrogens is 220 g/mol. The van der Waals surface area contributed by atoms with Crippen LogP contribution in [0.3, 0.4) is 0 Å². The number of aromatic nitrogens is 3. The number of imidazole rings is 1. The second-order valence-corrected chi connectivity index (χ2v) is 4.67. The minimum absolute atomic E-state index is 0.590. The van der Waals surface area contributed by atoms with E-state index >= 15 is 0 Å². The van der Waals surface area contributed by atoms with E-state index in [1.807, 2.05) is 17.8 Å². The van der Waals surface area contributed by atoms with Gasteiger partial charge in [-0.05, 0) is 30.9 Å². The fraction of sp³-hybridized carbons (Fsp3) is 0.455. The number of thioether (sulfide) groups is 1. The molecule has 2 aromatic rings. The van der Waals surface area contributed by atoms with E-state index in [0.717, 1.165) is 24.0 Å². The summed E-state index contributed by atoms with van der Waals surface area (Å²) in [7, 11) is 0. The number of nitrogens with two attached hydrogens (primary N) is 1. The van der Waals surface area contributed by atoms with Crippen LogP contribution < -0.4 is 5.73 Å². The van der Waals surface area contributed by atoms with Gasteiger partial charge < -0.3 is 10.3 Å². The molecule has 0 saturated carbocycles. The summed E-state index contributed by atoms with van der Waals surface area (Å²) in [6.45, 7) is 0.937. The molecule has 2 N–H and O–H groups in total. The number of unbranched alkanes of at least 4 members (excludes halogenated alkanes) is 1. The third-order valence-electron chi connectivity index (χ3n) is 2.56. The molecule has 0 radical (unpaired) electrons. The van der Waals surface area contributed by atoms with Crippen LogP contribution in [0.25, 0.3) is 11.0 Å². The Bertz CT molecular complexity index is 466. The molecule has 0 aliphatic heterocycles. The molecule has 4 nitrogen and oxygen atoms in total. The van der Waals surface area contributed by atoms with E-state index in [4.69, 9.17) is 5.73 Å². The van der Waals surface area contributed by atoms with Crippen molar-refractivity contribution in [1.82, 2.24) is 14.5 Å². The zero-order chi connectivity index (χ0) is 11.4. The first-order chi connectivity index (χ1) is 7.83. The summed E-state index contributed by atoms with van der Waals surface area (Å²) in [6, 6.07) is 1.97. The van der Waals surface area contributed by atoms with Crippen LogP contribution in [0.15, 0.2) is 18.5 Å². The number of hydrogen-bond acceptors (Lipinski definition) is 4. The molecule has 0 aliphatic carbocycles. The lowest BCUT2D eigenvalue weighted by Crippen LogP contribution is -2.03. The van der Waals surface area contributed by atoms with Gasteiger partial charge in [-0.2, -0.15) is 11.8 Å². The number of anilines is 1. The predicted molar refractivity (Wildman–Crippen MR) is 69.6 cm³/mol. The van der Waals surface area contributed by atoms with E-state index in [2.05, 4.69) is 20.8 Å². The molecular formula is C11H16N4S. The molecule has 0 fully saturated rings. The number of hydrogen-bond donors (Lipinski definition) is 1. The van der Waals surface area contributed by atoms with Crippen LogP contribution in [0, 0.1) is 0 Å². The molecule has 16 heavy (non-hydrogen) atoms. The summed E-state index contributed by atoms with van der Waals surface area (Å²) < 4.78 is 2.07. The van der Waals surface area contributed by atoms with Gasteiger partial charge in [0, 0.05) is 12.7 Å². The lowest BCUT2D eigenvalue weighted by molar-refractivity contribution is 0.656. The molecule has 2 aromatic heterocycles. The first-order valence-electron chi connectivity index (χ1n) is 5.37. The van der Waals surface area contributed by atoms with E-state index in [1.165, 1.54) is 12.2 Å². The van der Waals surface area contributed by atoms with E-state index in [0.29, 0.717) is 5.95 Å². The summed E-state index contributed by atoms with van der Waals surface area (Å²) in [5, 5.41) is 0. The van der Waals surface area contributed by atoms with Crippen molar-refractivity contribution in [1.29, 1.82) is 0 Å². The summed E-state index contributed by atoms with van der Waals surface area (Å²) in [5.41, 5.74) is 7.85. The first kappa shape index (κ1) is 11.3. The van der Waals surface area contributed by atoms with Gasteiger partial charge in [-0.3, -0.25) is 4.98 Å². The van der Waals surface area contributed by atoms with Crippen molar-refractivity contribution in [3.8, 4) is 0 Å². The van der Waals surface area contributed by atoms with Gasteiger partial charge in [-0.1, -0.05) is 0 Å².